The molecule has 0 radical (unpaired) electrons. The van der Waals surface area contributed by atoms with Gasteiger partial charge in [-0.25, -0.2) is 9.97 Å². The van der Waals surface area contributed by atoms with Crippen molar-refractivity contribution in [1.29, 1.82) is 0 Å². The zero-order valence-corrected chi connectivity index (χ0v) is 17.5. The summed E-state index contributed by atoms with van der Waals surface area (Å²) in [5.74, 6) is 1.20. The smallest absolute Gasteiger partial charge is 0.230 e. The largest absolute Gasteiger partial charge is 0.438 e. The Morgan fingerprint density at radius 2 is 1.57 bits per heavy atom. The minimum absolute atomic E-state index is 0.521. The molecule has 0 unspecified atom stereocenters. The molecule has 0 spiro atoms. The number of hydrogen-bond acceptors (Lipinski definition) is 5. The van der Waals surface area contributed by atoms with Crippen LogP contribution in [-0.2, 0) is 0 Å². The van der Waals surface area contributed by atoms with Crippen LogP contribution < -0.4 is 20.3 Å². The van der Waals surface area contributed by atoms with Crippen molar-refractivity contribution < 1.29 is 4.74 Å². The van der Waals surface area contributed by atoms with E-state index in [-0.39, 0.29) is 0 Å². The zero-order chi connectivity index (χ0) is 20.9. The molecule has 1 aromatic heterocycles. The molecule has 4 rings (SSSR count). The third-order valence-corrected chi connectivity index (χ3v) is 4.66. The van der Waals surface area contributed by atoms with Gasteiger partial charge in [0.25, 0.3) is 0 Å². The predicted octanol–water partition coefficient (Wildman–Crippen LogP) is 5.30. The first kappa shape index (κ1) is 19.6. The number of hydrogen-bond donors (Lipinski definition) is 2. The first-order valence-electron chi connectivity index (χ1n) is 9.41. The van der Waals surface area contributed by atoms with Crippen molar-refractivity contribution in [3.63, 3.8) is 0 Å². The number of ether oxygens (including phenoxy) is 1. The van der Waals surface area contributed by atoms with E-state index in [1.54, 1.807) is 0 Å². The summed E-state index contributed by atoms with van der Waals surface area (Å²) in [5.41, 5.74) is 3.70. The molecule has 150 valence electrons. The summed E-state index contributed by atoms with van der Waals surface area (Å²) in [5, 5.41) is 7.69. The Balaban J connectivity index is 1.45. The number of nitrogens with one attached hydrogen (secondary N) is 2. The van der Waals surface area contributed by atoms with E-state index in [4.69, 9.17) is 17.0 Å². The highest BCUT2D eigenvalue weighted by Crippen LogP contribution is 2.29. The number of rotatable bonds is 5. The van der Waals surface area contributed by atoms with Gasteiger partial charge in [-0.15, -0.1) is 0 Å². The highest BCUT2D eigenvalue weighted by molar-refractivity contribution is 7.80. The molecule has 6 nitrogen and oxygen atoms in total. The van der Waals surface area contributed by atoms with E-state index in [2.05, 4.69) is 20.6 Å². The van der Waals surface area contributed by atoms with E-state index in [0.717, 1.165) is 28.0 Å². The Morgan fingerprint density at radius 1 is 0.867 bits per heavy atom. The molecule has 0 fully saturated rings. The summed E-state index contributed by atoms with van der Waals surface area (Å²) < 4.78 is 6.01. The van der Waals surface area contributed by atoms with Crippen LogP contribution in [0.25, 0.3) is 10.9 Å². The molecule has 7 heteroatoms. The third kappa shape index (κ3) is 4.64. The van der Waals surface area contributed by atoms with Crippen molar-refractivity contribution in [3.05, 3.63) is 79.1 Å². The van der Waals surface area contributed by atoms with Gasteiger partial charge in [0.1, 0.15) is 12.1 Å². The lowest BCUT2D eigenvalue weighted by Gasteiger charge is -2.14. The maximum absolute atomic E-state index is 6.01. The average molecular weight is 416 g/mol. The molecule has 0 saturated heterocycles. The first-order chi connectivity index (χ1) is 14.6. The van der Waals surface area contributed by atoms with Gasteiger partial charge in [0, 0.05) is 31.2 Å². The van der Waals surface area contributed by atoms with Crippen LogP contribution in [-0.4, -0.2) is 29.2 Å². The molecule has 0 amide bonds. The fourth-order valence-electron chi connectivity index (χ4n) is 2.91. The predicted molar refractivity (Wildman–Crippen MR) is 127 cm³/mol. The molecule has 4 aromatic rings. The molecule has 0 atom stereocenters. The van der Waals surface area contributed by atoms with E-state index in [0.29, 0.717) is 16.7 Å². The van der Waals surface area contributed by atoms with Gasteiger partial charge < -0.3 is 20.3 Å². The lowest BCUT2D eigenvalue weighted by molar-refractivity contribution is 0.468. The van der Waals surface area contributed by atoms with Crippen molar-refractivity contribution >= 4 is 45.3 Å². The van der Waals surface area contributed by atoms with Gasteiger partial charge in [-0.3, -0.25) is 0 Å². The number of thiocarbonyl (C=S) groups is 1. The summed E-state index contributed by atoms with van der Waals surface area (Å²) in [4.78, 5) is 10.7. The molecule has 0 aliphatic heterocycles. The first-order valence-corrected chi connectivity index (χ1v) is 9.82. The minimum Gasteiger partial charge on any atom is -0.438 e. The molecule has 0 aliphatic rings. The zero-order valence-electron chi connectivity index (χ0n) is 16.7. The van der Waals surface area contributed by atoms with Crippen LogP contribution in [0.15, 0.2) is 79.1 Å². The van der Waals surface area contributed by atoms with Gasteiger partial charge >= 0.3 is 0 Å². The third-order valence-electron chi connectivity index (χ3n) is 4.46. The number of aromatic nitrogens is 2. The van der Waals surface area contributed by atoms with Crippen LogP contribution in [0.4, 0.5) is 17.1 Å². The quantitative estimate of drug-likeness (QED) is 0.429. The lowest BCUT2D eigenvalue weighted by atomic mass is 10.2. The second-order valence-corrected chi connectivity index (χ2v) is 7.25. The Morgan fingerprint density at radius 3 is 2.27 bits per heavy atom. The van der Waals surface area contributed by atoms with Gasteiger partial charge in [-0.05, 0) is 66.8 Å². The van der Waals surface area contributed by atoms with Gasteiger partial charge in [-0.2, -0.15) is 0 Å². The SMILES string of the molecule is CN(C)c1ccc2c(Oc3ccc(NC(=S)Nc4ccccc4)cc3)ncnc2c1. The standard InChI is InChI=1S/C23H21N5OS/c1-28(2)18-10-13-20-21(14-18)24-15-25-22(20)29-19-11-8-17(9-12-19)27-23(30)26-16-6-4-3-5-7-16/h3-15H,1-2H3,(H2,26,27,30). The Labute approximate surface area is 180 Å². The van der Waals surface area contributed by atoms with Crippen LogP contribution >= 0.6 is 12.2 Å². The fourth-order valence-corrected chi connectivity index (χ4v) is 3.15. The van der Waals surface area contributed by atoms with E-state index < -0.39 is 0 Å². The molecule has 30 heavy (non-hydrogen) atoms. The average Bonchev–Trinajstić information content (AvgIpc) is 2.75. The molecular formula is C23H21N5OS. The van der Waals surface area contributed by atoms with E-state index in [9.17, 15) is 0 Å². The molecular weight excluding hydrogens is 394 g/mol. The van der Waals surface area contributed by atoms with Crippen molar-refractivity contribution in [2.45, 2.75) is 0 Å². The van der Waals surface area contributed by atoms with Crippen LogP contribution in [0.2, 0.25) is 0 Å². The fraction of sp³-hybridized carbons (Fsp3) is 0.0870. The lowest BCUT2D eigenvalue weighted by Crippen LogP contribution is -2.18. The minimum atomic E-state index is 0.521. The number of fused-ring (bicyclic) bond motifs is 1. The van der Waals surface area contributed by atoms with Crippen molar-refractivity contribution in [3.8, 4) is 11.6 Å². The summed E-state index contributed by atoms with van der Waals surface area (Å²) >= 11 is 5.36. The Bertz CT molecular complexity index is 1160. The van der Waals surface area contributed by atoms with E-state index >= 15 is 0 Å². The Kier molecular flexibility index (Phi) is 5.72. The molecule has 0 aliphatic carbocycles. The van der Waals surface area contributed by atoms with Crippen LogP contribution in [0.5, 0.6) is 11.6 Å². The summed E-state index contributed by atoms with van der Waals surface area (Å²) in [6.45, 7) is 0. The van der Waals surface area contributed by atoms with Crippen molar-refractivity contribution in [2.24, 2.45) is 0 Å². The number of nitrogens with zero attached hydrogens (tertiary/aromatic N) is 3. The Hall–Kier alpha value is -3.71. The molecule has 0 bridgehead atoms. The second-order valence-electron chi connectivity index (χ2n) is 6.85. The van der Waals surface area contributed by atoms with Gasteiger partial charge in [-0.1, -0.05) is 18.2 Å². The number of para-hydroxylation sites is 1. The highest BCUT2D eigenvalue weighted by atomic mass is 32.1. The van der Waals surface area contributed by atoms with Crippen molar-refractivity contribution in [2.75, 3.05) is 29.6 Å². The van der Waals surface area contributed by atoms with Crippen molar-refractivity contribution in [1.82, 2.24) is 9.97 Å². The van der Waals surface area contributed by atoms with Crippen LogP contribution in [0, 0.1) is 0 Å². The monoisotopic (exact) mass is 415 g/mol. The number of benzene rings is 3. The summed E-state index contributed by atoms with van der Waals surface area (Å²) in [6, 6.07) is 23.3. The maximum atomic E-state index is 6.01. The number of anilines is 3. The van der Waals surface area contributed by atoms with Crippen LogP contribution in [0.3, 0.4) is 0 Å². The van der Waals surface area contributed by atoms with Gasteiger partial charge in [0.15, 0.2) is 5.11 Å². The van der Waals surface area contributed by atoms with Crippen LogP contribution in [0.1, 0.15) is 0 Å². The highest BCUT2D eigenvalue weighted by Gasteiger charge is 2.08. The molecule has 3 aromatic carbocycles. The van der Waals surface area contributed by atoms with Gasteiger partial charge in [0.2, 0.25) is 5.88 Å². The van der Waals surface area contributed by atoms with Gasteiger partial charge in [0.05, 0.1) is 10.9 Å². The van der Waals surface area contributed by atoms with E-state index in [1.807, 2.05) is 91.8 Å². The maximum Gasteiger partial charge on any atom is 0.230 e. The molecule has 0 saturated carbocycles. The normalized spacial score (nSPS) is 10.5. The summed E-state index contributed by atoms with van der Waals surface area (Å²) in [7, 11) is 3.99. The second kappa shape index (κ2) is 8.75. The van der Waals surface area contributed by atoms with E-state index in [1.165, 1.54) is 6.33 Å². The topological polar surface area (TPSA) is 62.3 Å². The molecule has 2 N–H and O–H groups in total. The summed E-state index contributed by atoms with van der Waals surface area (Å²) in [6.07, 6.45) is 1.51. The molecule has 1 heterocycles.